The Labute approximate surface area is 108 Å². The van der Waals surface area contributed by atoms with E-state index < -0.39 is 5.54 Å². The average Bonchev–Trinajstić information content (AvgIpc) is 2.76. The van der Waals surface area contributed by atoms with E-state index in [1.165, 1.54) is 6.42 Å². The van der Waals surface area contributed by atoms with Gasteiger partial charge in [-0.1, -0.05) is 31.9 Å². The number of rotatable bonds is 4. The molecule has 1 fully saturated rings. The lowest BCUT2D eigenvalue weighted by atomic mass is 9.74. The van der Waals surface area contributed by atoms with Crippen LogP contribution < -0.4 is 5.73 Å². The highest BCUT2D eigenvalue weighted by Gasteiger charge is 2.39. The number of carbonyl (C=O) groups excluding carboxylic acids is 1. The van der Waals surface area contributed by atoms with E-state index in [-0.39, 0.29) is 5.78 Å². The topological polar surface area (TPSA) is 73.8 Å². The number of hydrogen-bond acceptors (Lipinski definition) is 4. The molecule has 0 radical (unpaired) electrons. The highest BCUT2D eigenvalue weighted by atomic mass is 16.1. The molecule has 0 aromatic carbocycles. The zero-order valence-electron chi connectivity index (χ0n) is 11.2. The molecular weight excluding hydrogens is 228 g/mol. The Morgan fingerprint density at radius 1 is 1.67 bits per heavy atom. The van der Waals surface area contributed by atoms with Crippen LogP contribution in [0.1, 0.15) is 56.4 Å². The summed E-state index contributed by atoms with van der Waals surface area (Å²) in [6.45, 7) is 4.93. The number of Topliss-reactive ketones (excluding diaryl/α,β-unsaturated/α-hetero) is 1. The van der Waals surface area contributed by atoms with Crippen molar-refractivity contribution in [3.05, 3.63) is 11.9 Å². The highest BCUT2D eigenvalue weighted by molar-refractivity contribution is 6.01. The van der Waals surface area contributed by atoms with Gasteiger partial charge in [-0.15, -0.1) is 5.10 Å². The summed E-state index contributed by atoms with van der Waals surface area (Å²) in [4.78, 5) is 12.6. The van der Waals surface area contributed by atoms with Gasteiger partial charge in [0.2, 0.25) is 5.78 Å². The van der Waals surface area contributed by atoms with Crippen LogP contribution in [0.15, 0.2) is 6.20 Å². The summed E-state index contributed by atoms with van der Waals surface area (Å²) in [6.07, 6.45) is 6.21. The minimum Gasteiger partial charge on any atom is -0.319 e. The molecule has 1 aliphatic rings. The average molecular weight is 250 g/mol. The van der Waals surface area contributed by atoms with E-state index in [0.29, 0.717) is 18.2 Å². The zero-order chi connectivity index (χ0) is 13.2. The summed E-state index contributed by atoms with van der Waals surface area (Å²) in [5.74, 6) is 0.524. The lowest BCUT2D eigenvalue weighted by Crippen LogP contribution is -2.51. The Bertz CT molecular complexity index is 428. The van der Waals surface area contributed by atoms with E-state index in [1.54, 1.807) is 10.9 Å². The van der Waals surface area contributed by atoms with E-state index in [2.05, 4.69) is 24.2 Å². The second-order valence-corrected chi connectivity index (χ2v) is 5.53. The van der Waals surface area contributed by atoms with Crippen LogP contribution >= 0.6 is 0 Å². The van der Waals surface area contributed by atoms with Crippen molar-refractivity contribution in [1.29, 1.82) is 0 Å². The van der Waals surface area contributed by atoms with Gasteiger partial charge in [0.1, 0.15) is 5.69 Å². The van der Waals surface area contributed by atoms with Gasteiger partial charge in [0.15, 0.2) is 0 Å². The fraction of sp³-hybridized carbons (Fsp3) is 0.769. The normalized spacial score (nSPS) is 28.3. The maximum absolute atomic E-state index is 12.6. The molecule has 1 heterocycles. The second-order valence-electron chi connectivity index (χ2n) is 5.53. The minimum atomic E-state index is -0.717. The molecule has 1 aliphatic carbocycles. The van der Waals surface area contributed by atoms with Crippen molar-refractivity contribution in [1.82, 2.24) is 15.0 Å². The smallest absolute Gasteiger partial charge is 0.202 e. The first-order valence-corrected chi connectivity index (χ1v) is 6.79. The summed E-state index contributed by atoms with van der Waals surface area (Å²) in [5, 5.41) is 7.81. The van der Waals surface area contributed by atoms with Crippen LogP contribution in [-0.2, 0) is 6.54 Å². The van der Waals surface area contributed by atoms with Crippen molar-refractivity contribution in [2.24, 2.45) is 11.7 Å². The monoisotopic (exact) mass is 250 g/mol. The third-order valence-corrected chi connectivity index (χ3v) is 3.77. The number of aromatic nitrogens is 3. The van der Waals surface area contributed by atoms with Crippen LogP contribution in [0.4, 0.5) is 0 Å². The van der Waals surface area contributed by atoms with Crippen LogP contribution in [0.5, 0.6) is 0 Å². The molecule has 2 atom stereocenters. The van der Waals surface area contributed by atoms with Crippen molar-refractivity contribution < 1.29 is 4.79 Å². The molecule has 1 saturated carbocycles. The van der Waals surface area contributed by atoms with Gasteiger partial charge in [-0.05, 0) is 25.2 Å². The third kappa shape index (κ3) is 2.46. The first-order valence-electron chi connectivity index (χ1n) is 6.79. The van der Waals surface area contributed by atoms with Gasteiger partial charge in [-0.3, -0.25) is 4.79 Å². The fourth-order valence-corrected chi connectivity index (χ4v) is 2.86. The van der Waals surface area contributed by atoms with Crippen molar-refractivity contribution in [3.8, 4) is 0 Å². The van der Waals surface area contributed by atoms with E-state index in [4.69, 9.17) is 5.73 Å². The lowest BCUT2D eigenvalue weighted by molar-refractivity contribution is 0.0808. The quantitative estimate of drug-likeness (QED) is 0.827. The summed E-state index contributed by atoms with van der Waals surface area (Å²) in [6, 6.07) is 0. The van der Waals surface area contributed by atoms with E-state index in [1.807, 2.05) is 0 Å². The molecule has 0 amide bonds. The Morgan fingerprint density at radius 2 is 2.44 bits per heavy atom. The van der Waals surface area contributed by atoms with Crippen LogP contribution in [0.3, 0.4) is 0 Å². The van der Waals surface area contributed by atoms with E-state index in [9.17, 15) is 4.79 Å². The van der Waals surface area contributed by atoms with Gasteiger partial charge in [-0.2, -0.15) is 0 Å². The first-order chi connectivity index (χ1) is 8.57. The Balaban J connectivity index is 2.21. The molecule has 5 nitrogen and oxygen atoms in total. The molecule has 1 aromatic rings. The van der Waals surface area contributed by atoms with Gasteiger partial charge >= 0.3 is 0 Å². The number of ketones is 1. The van der Waals surface area contributed by atoms with Crippen LogP contribution in [0.2, 0.25) is 0 Å². The molecule has 5 heteroatoms. The third-order valence-electron chi connectivity index (χ3n) is 3.77. The van der Waals surface area contributed by atoms with Crippen LogP contribution in [-0.4, -0.2) is 26.3 Å². The van der Waals surface area contributed by atoms with Gasteiger partial charge < -0.3 is 5.73 Å². The largest absolute Gasteiger partial charge is 0.319 e. The van der Waals surface area contributed by atoms with Gasteiger partial charge in [0.05, 0.1) is 11.7 Å². The van der Waals surface area contributed by atoms with Gasteiger partial charge in [-0.25, -0.2) is 4.68 Å². The predicted molar refractivity (Wildman–Crippen MR) is 69.2 cm³/mol. The molecule has 0 bridgehead atoms. The lowest BCUT2D eigenvalue weighted by Gasteiger charge is -2.35. The molecule has 0 aliphatic heterocycles. The minimum absolute atomic E-state index is 0.00694. The molecule has 100 valence electrons. The molecule has 0 saturated heterocycles. The summed E-state index contributed by atoms with van der Waals surface area (Å²) >= 11 is 0. The molecule has 2 unspecified atom stereocenters. The summed E-state index contributed by atoms with van der Waals surface area (Å²) < 4.78 is 1.68. The van der Waals surface area contributed by atoms with E-state index in [0.717, 1.165) is 25.7 Å². The van der Waals surface area contributed by atoms with Gasteiger partial charge in [0, 0.05) is 6.54 Å². The zero-order valence-corrected chi connectivity index (χ0v) is 11.2. The van der Waals surface area contributed by atoms with Crippen molar-refractivity contribution >= 4 is 5.78 Å². The predicted octanol–water partition coefficient (Wildman–Crippen LogP) is 1.78. The summed E-state index contributed by atoms with van der Waals surface area (Å²) in [5.41, 5.74) is 6.18. The summed E-state index contributed by atoms with van der Waals surface area (Å²) in [7, 11) is 0. The second kappa shape index (κ2) is 5.18. The Kier molecular flexibility index (Phi) is 3.80. The van der Waals surface area contributed by atoms with Crippen LogP contribution in [0.25, 0.3) is 0 Å². The Hall–Kier alpha value is -1.23. The number of carbonyl (C=O) groups is 1. The molecular formula is C13H22N4O. The van der Waals surface area contributed by atoms with Crippen molar-refractivity contribution in [2.45, 2.75) is 58.0 Å². The molecule has 2 rings (SSSR count). The molecule has 0 spiro atoms. The highest BCUT2D eigenvalue weighted by Crippen LogP contribution is 2.32. The standard InChI is InChI=1S/C13H22N4O/c1-3-7-17-11(9-15-16-17)12(18)13(14)6-4-5-10(2)8-13/h9-10H,3-8,14H2,1-2H3. The Morgan fingerprint density at radius 3 is 3.11 bits per heavy atom. The molecule has 2 N–H and O–H groups in total. The van der Waals surface area contributed by atoms with Gasteiger partial charge in [0.25, 0.3) is 0 Å². The number of hydrogen-bond donors (Lipinski definition) is 1. The van der Waals surface area contributed by atoms with E-state index >= 15 is 0 Å². The van der Waals surface area contributed by atoms with Crippen LogP contribution in [0, 0.1) is 5.92 Å². The number of aryl methyl sites for hydroxylation is 1. The fourth-order valence-electron chi connectivity index (χ4n) is 2.86. The van der Waals surface area contributed by atoms with Crippen molar-refractivity contribution in [2.75, 3.05) is 0 Å². The first kappa shape index (κ1) is 13.2. The number of nitrogens with zero attached hydrogens (tertiary/aromatic N) is 3. The SMILES string of the molecule is CCCn1nncc1C(=O)C1(N)CCCC(C)C1. The maximum Gasteiger partial charge on any atom is 0.202 e. The molecule has 1 aromatic heterocycles. The maximum atomic E-state index is 12.6. The number of nitrogens with two attached hydrogens (primary N) is 1. The van der Waals surface area contributed by atoms with Crippen molar-refractivity contribution in [3.63, 3.8) is 0 Å². The molecule has 18 heavy (non-hydrogen) atoms.